The van der Waals surface area contributed by atoms with Gasteiger partial charge in [0.15, 0.2) is 0 Å². The molecule has 0 aliphatic carbocycles. The van der Waals surface area contributed by atoms with Crippen LogP contribution in [0.1, 0.15) is 0 Å². The molecule has 6 heteroatoms. The summed E-state index contributed by atoms with van der Waals surface area (Å²) in [6.45, 7) is -0.395. The number of rotatable bonds is 5. The van der Waals surface area contributed by atoms with Gasteiger partial charge in [-0.25, -0.2) is 4.79 Å². The number of aliphatic hydroxyl groups excluding tert-OH is 2. The van der Waals surface area contributed by atoms with Crippen LogP contribution < -0.4 is 5.32 Å². The van der Waals surface area contributed by atoms with Crippen LogP contribution >= 0.6 is 11.8 Å². The Labute approximate surface area is 74.8 Å². The maximum atomic E-state index is 10.1. The zero-order valence-electron chi connectivity index (χ0n) is 6.73. The first-order valence-electron chi connectivity index (χ1n) is 3.39. The van der Waals surface area contributed by atoms with E-state index in [0.717, 1.165) is 0 Å². The highest BCUT2D eigenvalue weighted by Gasteiger charge is 2.19. The largest absolute Gasteiger partial charge is 0.465 e. The van der Waals surface area contributed by atoms with E-state index in [0.29, 0.717) is 5.75 Å². The monoisotopic (exact) mass is 195 g/mol. The first kappa shape index (κ1) is 11.5. The van der Waals surface area contributed by atoms with Crippen molar-refractivity contribution in [2.45, 2.75) is 12.1 Å². The van der Waals surface area contributed by atoms with Crippen LogP contribution in [0.15, 0.2) is 0 Å². The predicted octanol–water partition coefficient (Wildman–Crippen LogP) is -0.661. The van der Waals surface area contributed by atoms with Crippen molar-refractivity contribution in [1.82, 2.24) is 5.32 Å². The van der Waals surface area contributed by atoms with Gasteiger partial charge in [-0.3, -0.25) is 0 Å². The van der Waals surface area contributed by atoms with E-state index in [4.69, 9.17) is 10.2 Å². The Hall–Kier alpha value is -0.460. The lowest BCUT2D eigenvalue weighted by Gasteiger charge is -2.19. The zero-order valence-corrected chi connectivity index (χ0v) is 7.54. The average molecular weight is 195 g/mol. The van der Waals surface area contributed by atoms with Gasteiger partial charge in [0.05, 0.1) is 18.8 Å². The maximum absolute atomic E-state index is 10.1. The highest BCUT2D eigenvalue weighted by Crippen LogP contribution is 2.01. The van der Waals surface area contributed by atoms with Crippen LogP contribution in [-0.2, 0) is 0 Å². The molecule has 0 saturated carbocycles. The van der Waals surface area contributed by atoms with Gasteiger partial charge in [-0.05, 0) is 6.26 Å². The summed E-state index contributed by atoms with van der Waals surface area (Å²) in [5.41, 5.74) is 0. The molecule has 0 unspecified atom stereocenters. The molecule has 5 nitrogen and oxygen atoms in total. The van der Waals surface area contributed by atoms with Gasteiger partial charge in [-0.2, -0.15) is 11.8 Å². The first-order chi connectivity index (χ1) is 5.61. The molecule has 0 aromatic carbocycles. The number of thioether (sulfide) groups is 1. The number of hydrogen-bond donors (Lipinski definition) is 4. The summed E-state index contributed by atoms with van der Waals surface area (Å²) >= 11 is 1.39. The molecule has 0 aliphatic rings. The van der Waals surface area contributed by atoms with E-state index in [2.05, 4.69) is 0 Å². The van der Waals surface area contributed by atoms with E-state index < -0.39 is 24.8 Å². The zero-order chi connectivity index (χ0) is 9.56. The minimum absolute atomic E-state index is 0.394. The lowest BCUT2D eigenvalue weighted by Crippen LogP contribution is -2.46. The number of nitrogens with one attached hydrogen (secondary N) is 1. The van der Waals surface area contributed by atoms with Crippen LogP contribution in [0, 0.1) is 0 Å². The van der Waals surface area contributed by atoms with Crippen molar-refractivity contribution < 1.29 is 20.1 Å². The third-order valence-electron chi connectivity index (χ3n) is 1.31. The summed E-state index contributed by atoms with van der Waals surface area (Å²) in [5, 5.41) is 28.2. The van der Waals surface area contributed by atoms with Gasteiger partial charge >= 0.3 is 6.09 Å². The van der Waals surface area contributed by atoms with Gasteiger partial charge in [0.2, 0.25) is 0 Å². The lowest BCUT2D eigenvalue weighted by atomic mass is 10.2. The Kier molecular flexibility index (Phi) is 5.87. The molecule has 0 fully saturated rings. The molecule has 0 heterocycles. The molecule has 0 spiro atoms. The van der Waals surface area contributed by atoms with Gasteiger partial charge in [0.1, 0.15) is 0 Å². The highest BCUT2D eigenvalue weighted by atomic mass is 32.2. The second kappa shape index (κ2) is 6.10. The molecule has 4 N–H and O–H groups in total. The summed E-state index contributed by atoms with van der Waals surface area (Å²) in [6.07, 6.45) is -0.298. The first-order valence-corrected chi connectivity index (χ1v) is 4.78. The molecule has 0 radical (unpaired) electrons. The number of hydrogen-bond acceptors (Lipinski definition) is 4. The quantitative estimate of drug-likeness (QED) is 0.467. The number of carbonyl (C=O) groups is 1. The molecule has 2 atom stereocenters. The van der Waals surface area contributed by atoms with Crippen molar-refractivity contribution in [3.8, 4) is 0 Å². The average Bonchev–Trinajstić information content (AvgIpc) is 2.00. The standard InChI is InChI=1S/C6H13NO4S/c1-12-3-5(9)4(2-8)7-6(10)11/h4-5,7-9H,2-3H2,1H3,(H,10,11)/t4-,5-/m1/s1. The van der Waals surface area contributed by atoms with Crippen molar-refractivity contribution in [3.05, 3.63) is 0 Å². The van der Waals surface area contributed by atoms with Crippen LogP contribution in [0.5, 0.6) is 0 Å². The van der Waals surface area contributed by atoms with Crippen LogP contribution in [-0.4, -0.2) is 52.2 Å². The smallest absolute Gasteiger partial charge is 0.405 e. The number of carboxylic acid groups (broad SMARTS) is 1. The fourth-order valence-corrected chi connectivity index (χ4v) is 1.28. The Morgan fingerprint density at radius 1 is 1.67 bits per heavy atom. The third kappa shape index (κ3) is 4.42. The van der Waals surface area contributed by atoms with E-state index in [9.17, 15) is 9.90 Å². The van der Waals surface area contributed by atoms with Crippen LogP contribution in [0.25, 0.3) is 0 Å². The SMILES string of the molecule is CSC[C@@H](O)[C@@H](CO)NC(=O)O. The van der Waals surface area contributed by atoms with Crippen molar-refractivity contribution in [2.24, 2.45) is 0 Å². The van der Waals surface area contributed by atoms with Gasteiger partial charge < -0.3 is 20.6 Å². The second-order valence-electron chi connectivity index (χ2n) is 2.26. The van der Waals surface area contributed by atoms with Crippen LogP contribution in [0.3, 0.4) is 0 Å². The molecule has 0 aromatic rings. The van der Waals surface area contributed by atoms with E-state index in [1.54, 1.807) is 6.26 Å². The molecule has 0 saturated heterocycles. The Balaban J connectivity index is 3.86. The van der Waals surface area contributed by atoms with Crippen molar-refractivity contribution in [1.29, 1.82) is 0 Å². The van der Waals surface area contributed by atoms with Crippen LogP contribution in [0.2, 0.25) is 0 Å². The normalized spacial score (nSPS) is 15.2. The Morgan fingerprint density at radius 3 is 2.58 bits per heavy atom. The van der Waals surface area contributed by atoms with E-state index in [1.807, 2.05) is 5.32 Å². The summed E-state index contributed by atoms with van der Waals surface area (Å²) < 4.78 is 0. The molecule has 72 valence electrons. The fourth-order valence-electron chi connectivity index (χ4n) is 0.709. The van der Waals surface area contributed by atoms with Crippen molar-refractivity contribution in [3.63, 3.8) is 0 Å². The minimum Gasteiger partial charge on any atom is -0.465 e. The number of amides is 1. The maximum Gasteiger partial charge on any atom is 0.405 e. The number of aliphatic hydroxyl groups is 2. The molecule has 0 aliphatic heterocycles. The van der Waals surface area contributed by atoms with Gasteiger partial charge in [-0.1, -0.05) is 0 Å². The van der Waals surface area contributed by atoms with E-state index >= 15 is 0 Å². The molecule has 0 rings (SSSR count). The predicted molar refractivity (Wildman–Crippen MR) is 46.4 cm³/mol. The molecule has 12 heavy (non-hydrogen) atoms. The summed E-state index contributed by atoms with van der Waals surface area (Å²) in [5.74, 6) is 0.394. The minimum atomic E-state index is -1.24. The fraction of sp³-hybridized carbons (Fsp3) is 0.833. The molecule has 0 aromatic heterocycles. The van der Waals surface area contributed by atoms with Gasteiger partial charge in [-0.15, -0.1) is 0 Å². The van der Waals surface area contributed by atoms with Crippen molar-refractivity contribution in [2.75, 3.05) is 18.6 Å². The molecule has 1 amide bonds. The van der Waals surface area contributed by atoms with Gasteiger partial charge in [0.25, 0.3) is 0 Å². The summed E-state index contributed by atoms with van der Waals surface area (Å²) in [7, 11) is 0. The molecule has 0 bridgehead atoms. The van der Waals surface area contributed by atoms with Gasteiger partial charge in [0, 0.05) is 5.75 Å². The second-order valence-corrected chi connectivity index (χ2v) is 3.17. The Morgan fingerprint density at radius 2 is 2.25 bits per heavy atom. The van der Waals surface area contributed by atoms with E-state index in [-0.39, 0.29) is 0 Å². The Bertz CT molecular complexity index is 144. The lowest BCUT2D eigenvalue weighted by molar-refractivity contribution is 0.102. The summed E-state index contributed by atoms with van der Waals surface area (Å²) in [4.78, 5) is 10.1. The van der Waals surface area contributed by atoms with E-state index in [1.165, 1.54) is 11.8 Å². The highest BCUT2D eigenvalue weighted by molar-refractivity contribution is 7.98. The molecular formula is C6H13NO4S. The topological polar surface area (TPSA) is 89.8 Å². The molecular weight excluding hydrogens is 182 g/mol. The van der Waals surface area contributed by atoms with Crippen molar-refractivity contribution >= 4 is 17.9 Å². The summed E-state index contributed by atoms with van der Waals surface area (Å²) in [6, 6.07) is -0.796. The van der Waals surface area contributed by atoms with Crippen LogP contribution in [0.4, 0.5) is 4.79 Å². The third-order valence-corrected chi connectivity index (χ3v) is 1.98.